The summed E-state index contributed by atoms with van der Waals surface area (Å²) < 4.78 is 0. The van der Waals surface area contributed by atoms with Gasteiger partial charge in [-0.15, -0.1) is 0 Å². The molecule has 1 atom stereocenters. The zero-order valence-corrected chi connectivity index (χ0v) is 11.5. The Morgan fingerprint density at radius 2 is 1.74 bits per heavy atom. The average Bonchev–Trinajstić information content (AvgIpc) is 2.75. The highest BCUT2D eigenvalue weighted by molar-refractivity contribution is 6.07. The maximum atomic E-state index is 6.29. The second kappa shape index (κ2) is 4.71. The van der Waals surface area contributed by atoms with Gasteiger partial charge in [0.25, 0.3) is 0 Å². The predicted octanol–water partition coefficient (Wildman–Crippen LogP) is 4.37. The zero-order valence-electron chi connectivity index (χ0n) is 11.5. The lowest BCUT2D eigenvalue weighted by Crippen LogP contribution is -2.12. The summed E-state index contributed by atoms with van der Waals surface area (Å²) in [5.74, 6) is 0.619. The van der Waals surface area contributed by atoms with Crippen molar-refractivity contribution in [2.45, 2.75) is 26.3 Å². The van der Waals surface area contributed by atoms with E-state index in [1.807, 2.05) is 0 Å². The van der Waals surface area contributed by atoms with E-state index in [4.69, 9.17) is 5.73 Å². The summed E-state index contributed by atoms with van der Waals surface area (Å²) in [6.45, 7) is 4.42. The molecule has 1 unspecified atom stereocenters. The van der Waals surface area contributed by atoms with Gasteiger partial charge in [-0.3, -0.25) is 0 Å². The number of rotatable bonds is 3. The molecule has 0 amide bonds. The molecule has 0 fully saturated rings. The molecule has 3 rings (SSSR count). The van der Waals surface area contributed by atoms with Crippen LogP contribution in [0.2, 0.25) is 0 Å². The Hall–Kier alpha value is -1.80. The largest absolute Gasteiger partial charge is 0.355 e. The third-order valence-electron chi connectivity index (χ3n) is 3.68. The fraction of sp³-hybridized carbons (Fsp3) is 0.294. The van der Waals surface area contributed by atoms with Crippen LogP contribution in [0.4, 0.5) is 0 Å². The van der Waals surface area contributed by atoms with Gasteiger partial charge in [0.05, 0.1) is 0 Å². The minimum atomic E-state index is 0.123. The van der Waals surface area contributed by atoms with Gasteiger partial charge in [0.2, 0.25) is 0 Å². The highest BCUT2D eigenvalue weighted by Crippen LogP contribution is 2.28. The molecule has 1 heterocycles. The first kappa shape index (κ1) is 12.2. The number of benzene rings is 2. The quantitative estimate of drug-likeness (QED) is 0.714. The van der Waals surface area contributed by atoms with Gasteiger partial charge in [0.15, 0.2) is 0 Å². The van der Waals surface area contributed by atoms with E-state index in [-0.39, 0.29) is 6.04 Å². The van der Waals surface area contributed by atoms with Crippen LogP contribution in [0.1, 0.15) is 31.9 Å². The van der Waals surface area contributed by atoms with E-state index >= 15 is 0 Å². The van der Waals surface area contributed by atoms with Gasteiger partial charge in [0, 0.05) is 27.8 Å². The molecule has 1 aromatic heterocycles. The van der Waals surface area contributed by atoms with Crippen molar-refractivity contribution in [3.63, 3.8) is 0 Å². The zero-order chi connectivity index (χ0) is 13.4. The lowest BCUT2D eigenvalue weighted by atomic mass is 9.96. The lowest BCUT2D eigenvalue weighted by molar-refractivity contribution is 0.510. The van der Waals surface area contributed by atoms with Gasteiger partial charge in [-0.2, -0.15) is 0 Å². The SMILES string of the molecule is CC(C)CC(N)c1ccc2[nH]c3ccccc3c2c1. The van der Waals surface area contributed by atoms with Gasteiger partial charge >= 0.3 is 0 Å². The van der Waals surface area contributed by atoms with E-state index in [0.29, 0.717) is 5.92 Å². The van der Waals surface area contributed by atoms with Crippen LogP contribution < -0.4 is 5.73 Å². The van der Waals surface area contributed by atoms with Crippen LogP contribution in [0.5, 0.6) is 0 Å². The van der Waals surface area contributed by atoms with Crippen LogP contribution in [0.25, 0.3) is 21.8 Å². The summed E-state index contributed by atoms with van der Waals surface area (Å²) in [5, 5.41) is 2.54. The average molecular weight is 252 g/mol. The molecular weight excluding hydrogens is 232 g/mol. The van der Waals surface area contributed by atoms with E-state index in [0.717, 1.165) is 6.42 Å². The van der Waals surface area contributed by atoms with Crippen molar-refractivity contribution in [2.24, 2.45) is 11.7 Å². The number of hydrogen-bond donors (Lipinski definition) is 2. The highest BCUT2D eigenvalue weighted by atomic mass is 14.7. The number of para-hydroxylation sites is 1. The Bertz CT molecular complexity index is 709. The molecule has 0 aliphatic carbocycles. The summed E-state index contributed by atoms with van der Waals surface area (Å²) in [6.07, 6.45) is 1.02. The van der Waals surface area contributed by atoms with Crippen molar-refractivity contribution < 1.29 is 0 Å². The van der Waals surface area contributed by atoms with Gasteiger partial charge < -0.3 is 10.7 Å². The van der Waals surface area contributed by atoms with Gasteiger partial charge in [0.1, 0.15) is 0 Å². The van der Waals surface area contributed by atoms with Crippen LogP contribution >= 0.6 is 0 Å². The first-order chi connectivity index (χ1) is 9.15. The number of hydrogen-bond acceptors (Lipinski definition) is 1. The van der Waals surface area contributed by atoms with Crippen molar-refractivity contribution >= 4 is 21.8 Å². The third-order valence-corrected chi connectivity index (χ3v) is 3.68. The maximum absolute atomic E-state index is 6.29. The third kappa shape index (κ3) is 2.24. The van der Waals surface area contributed by atoms with E-state index in [1.165, 1.54) is 27.4 Å². The molecule has 2 nitrogen and oxygen atoms in total. The molecule has 0 saturated carbocycles. The van der Waals surface area contributed by atoms with Gasteiger partial charge in [-0.1, -0.05) is 38.1 Å². The smallest absolute Gasteiger partial charge is 0.0465 e. The fourth-order valence-electron chi connectivity index (χ4n) is 2.74. The topological polar surface area (TPSA) is 41.8 Å². The van der Waals surface area contributed by atoms with E-state index in [1.54, 1.807) is 0 Å². The Kier molecular flexibility index (Phi) is 3.03. The molecule has 0 radical (unpaired) electrons. The Balaban J connectivity index is 2.11. The number of aromatic nitrogens is 1. The first-order valence-electron chi connectivity index (χ1n) is 6.91. The molecule has 2 aromatic carbocycles. The molecular formula is C17H20N2. The Morgan fingerprint density at radius 3 is 2.53 bits per heavy atom. The molecule has 0 bridgehead atoms. The maximum Gasteiger partial charge on any atom is 0.0465 e. The van der Waals surface area contributed by atoms with E-state index in [2.05, 4.69) is 61.3 Å². The first-order valence-corrected chi connectivity index (χ1v) is 6.91. The Morgan fingerprint density at radius 1 is 1.00 bits per heavy atom. The molecule has 3 aromatic rings. The monoisotopic (exact) mass is 252 g/mol. The number of H-pyrrole nitrogens is 1. The number of aromatic amines is 1. The lowest BCUT2D eigenvalue weighted by Gasteiger charge is -2.14. The van der Waals surface area contributed by atoms with Crippen LogP contribution in [0.3, 0.4) is 0 Å². The summed E-state index contributed by atoms with van der Waals surface area (Å²) in [5.41, 5.74) is 9.89. The summed E-state index contributed by atoms with van der Waals surface area (Å²) in [6, 6.07) is 15.1. The number of fused-ring (bicyclic) bond motifs is 3. The van der Waals surface area contributed by atoms with E-state index < -0.39 is 0 Å². The highest BCUT2D eigenvalue weighted by Gasteiger charge is 2.10. The van der Waals surface area contributed by atoms with E-state index in [9.17, 15) is 0 Å². The van der Waals surface area contributed by atoms with Crippen LogP contribution in [-0.4, -0.2) is 4.98 Å². The van der Waals surface area contributed by atoms with Gasteiger partial charge in [-0.05, 0) is 36.1 Å². The molecule has 2 heteroatoms. The van der Waals surface area contributed by atoms with Crippen molar-refractivity contribution in [3.8, 4) is 0 Å². The van der Waals surface area contributed by atoms with Crippen molar-refractivity contribution in [1.82, 2.24) is 4.98 Å². The predicted molar refractivity (Wildman–Crippen MR) is 82.2 cm³/mol. The molecule has 0 aliphatic rings. The van der Waals surface area contributed by atoms with Gasteiger partial charge in [-0.25, -0.2) is 0 Å². The second-order valence-electron chi connectivity index (χ2n) is 5.71. The minimum absolute atomic E-state index is 0.123. The van der Waals surface area contributed by atoms with Crippen LogP contribution in [0, 0.1) is 5.92 Å². The van der Waals surface area contributed by atoms with Crippen molar-refractivity contribution in [2.75, 3.05) is 0 Å². The molecule has 3 N–H and O–H groups in total. The fourth-order valence-corrected chi connectivity index (χ4v) is 2.74. The summed E-state index contributed by atoms with van der Waals surface area (Å²) in [7, 11) is 0. The normalized spacial score (nSPS) is 13.5. The minimum Gasteiger partial charge on any atom is -0.355 e. The van der Waals surface area contributed by atoms with Crippen molar-refractivity contribution in [1.29, 1.82) is 0 Å². The second-order valence-corrected chi connectivity index (χ2v) is 5.71. The molecule has 0 spiro atoms. The standard InChI is InChI=1S/C17H20N2/c1-11(2)9-15(18)12-7-8-17-14(10-12)13-5-3-4-6-16(13)19-17/h3-8,10-11,15,19H,9,18H2,1-2H3. The molecule has 0 saturated heterocycles. The number of nitrogens with two attached hydrogens (primary N) is 1. The Labute approximate surface area is 113 Å². The molecule has 19 heavy (non-hydrogen) atoms. The van der Waals surface area contributed by atoms with Crippen LogP contribution in [-0.2, 0) is 0 Å². The van der Waals surface area contributed by atoms with Crippen LogP contribution in [0.15, 0.2) is 42.5 Å². The molecule has 98 valence electrons. The van der Waals surface area contributed by atoms with Crippen molar-refractivity contribution in [3.05, 3.63) is 48.0 Å². The summed E-state index contributed by atoms with van der Waals surface area (Å²) >= 11 is 0. The molecule has 0 aliphatic heterocycles. The number of nitrogens with one attached hydrogen (secondary N) is 1. The summed E-state index contributed by atoms with van der Waals surface area (Å²) in [4.78, 5) is 3.44.